The van der Waals surface area contributed by atoms with Gasteiger partial charge < -0.3 is 15.4 Å². The number of nitrogens with zero attached hydrogens (tertiary/aromatic N) is 2. The lowest BCUT2D eigenvalue weighted by Gasteiger charge is -2.09. The van der Waals surface area contributed by atoms with Crippen LogP contribution >= 0.6 is 0 Å². The van der Waals surface area contributed by atoms with Crippen molar-refractivity contribution >= 4 is 22.5 Å². The molecule has 0 spiro atoms. The monoisotopic (exact) mass is 316 g/mol. The van der Waals surface area contributed by atoms with Crippen molar-refractivity contribution in [2.75, 3.05) is 5.32 Å². The number of phenolic OH excluding ortho intramolecular Hbond substituents is 1. The molecule has 0 amide bonds. The topological polar surface area (TPSA) is 73.8 Å². The molecule has 0 aliphatic rings. The van der Waals surface area contributed by atoms with Gasteiger partial charge in [0.05, 0.1) is 5.39 Å². The summed E-state index contributed by atoms with van der Waals surface area (Å²) < 4.78 is 0. The van der Waals surface area contributed by atoms with Crippen LogP contribution in [0.1, 0.15) is 5.69 Å². The largest absolute Gasteiger partial charge is 0.508 e. The Morgan fingerprint density at radius 1 is 0.958 bits per heavy atom. The average molecular weight is 316 g/mol. The van der Waals surface area contributed by atoms with Crippen LogP contribution in [0.15, 0.2) is 60.7 Å². The van der Waals surface area contributed by atoms with Gasteiger partial charge in [0, 0.05) is 16.9 Å². The van der Waals surface area contributed by atoms with Crippen LogP contribution in [0.2, 0.25) is 0 Å². The first-order valence-corrected chi connectivity index (χ1v) is 7.68. The minimum atomic E-state index is 0.232. The van der Waals surface area contributed by atoms with Crippen molar-refractivity contribution in [2.24, 2.45) is 0 Å². The molecule has 24 heavy (non-hydrogen) atoms. The van der Waals surface area contributed by atoms with Crippen LogP contribution in [0, 0.1) is 6.92 Å². The molecule has 2 heterocycles. The number of H-pyrrole nitrogens is 1. The second-order valence-corrected chi connectivity index (χ2v) is 5.65. The van der Waals surface area contributed by atoms with Crippen LogP contribution in [0.3, 0.4) is 0 Å². The average Bonchev–Trinajstić information content (AvgIpc) is 2.98. The highest BCUT2D eigenvalue weighted by Gasteiger charge is 2.11. The van der Waals surface area contributed by atoms with E-state index in [0.29, 0.717) is 5.82 Å². The molecular formula is C19H16N4O. The third-order valence-electron chi connectivity index (χ3n) is 3.78. The van der Waals surface area contributed by atoms with Crippen molar-refractivity contribution in [1.82, 2.24) is 15.0 Å². The zero-order valence-electron chi connectivity index (χ0n) is 13.1. The number of rotatable bonds is 3. The van der Waals surface area contributed by atoms with E-state index in [1.54, 1.807) is 12.1 Å². The fraction of sp³-hybridized carbons (Fsp3) is 0.0526. The van der Waals surface area contributed by atoms with E-state index in [4.69, 9.17) is 4.98 Å². The summed E-state index contributed by atoms with van der Waals surface area (Å²) in [4.78, 5) is 12.6. The van der Waals surface area contributed by atoms with Crippen LogP contribution in [-0.4, -0.2) is 20.1 Å². The van der Waals surface area contributed by atoms with Gasteiger partial charge >= 0.3 is 0 Å². The molecule has 0 aliphatic heterocycles. The first kappa shape index (κ1) is 14.3. The third-order valence-corrected chi connectivity index (χ3v) is 3.78. The molecule has 4 rings (SSSR count). The zero-order chi connectivity index (χ0) is 16.5. The molecule has 0 fully saturated rings. The maximum Gasteiger partial charge on any atom is 0.163 e. The van der Waals surface area contributed by atoms with Gasteiger partial charge in [-0.05, 0) is 37.3 Å². The Kier molecular flexibility index (Phi) is 3.39. The summed E-state index contributed by atoms with van der Waals surface area (Å²) in [6.07, 6.45) is 0. The van der Waals surface area contributed by atoms with E-state index in [2.05, 4.69) is 15.3 Å². The number of nitrogens with one attached hydrogen (secondary N) is 2. The fourth-order valence-electron chi connectivity index (χ4n) is 2.63. The van der Waals surface area contributed by atoms with Gasteiger partial charge in [-0.1, -0.05) is 30.3 Å². The summed E-state index contributed by atoms with van der Waals surface area (Å²) in [5.41, 5.74) is 3.63. The summed E-state index contributed by atoms with van der Waals surface area (Å²) in [6, 6.07) is 18.8. The van der Waals surface area contributed by atoms with Crippen molar-refractivity contribution in [3.05, 3.63) is 66.4 Å². The molecule has 0 radical (unpaired) electrons. The highest BCUT2D eigenvalue weighted by atomic mass is 16.3. The maximum atomic E-state index is 9.43. The van der Waals surface area contributed by atoms with E-state index in [9.17, 15) is 5.11 Å². The summed E-state index contributed by atoms with van der Waals surface area (Å²) in [6.45, 7) is 1.99. The molecule has 0 atom stereocenters. The summed E-state index contributed by atoms with van der Waals surface area (Å²) in [7, 11) is 0. The van der Waals surface area contributed by atoms with Crippen LogP contribution in [0.25, 0.3) is 22.4 Å². The lowest BCUT2D eigenvalue weighted by molar-refractivity contribution is 0.475. The number of fused-ring (bicyclic) bond motifs is 1. The summed E-state index contributed by atoms with van der Waals surface area (Å²) in [5.74, 6) is 1.62. The number of aromatic amines is 1. The van der Waals surface area contributed by atoms with Gasteiger partial charge in [0.2, 0.25) is 0 Å². The molecule has 4 aromatic rings. The van der Waals surface area contributed by atoms with Gasteiger partial charge in [-0.25, -0.2) is 9.97 Å². The highest BCUT2D eigenvalue weighted by Crippen LogP contribution is 2.28. The van der Waals surface area contributed by atoms with E-state index in [1.165, 1.54) is 0 Å². The van der Waals surface area contributed by atoms with E-state index in [1.807, 2.05) is 55.5 Å². The first-order chi connectivity index (χ1) is 11.7. The number of aromatic nitrogens is 3. The van der Waals surface area contributed by atoms with Crippen molar-refractivity contribution in [2.45, 2.75) is 6.92 Å². The van der Waals surface area contributed by atoms with Crippen LogP contribution < -0.4 is 5.32 Å². The molecule has 0 saturated heterocycles. The lowest BCUT2D eigenvalue weighted by atomic mass is 10.2. The number of anilines is 2. The van der Waals surface area contributed by atoms with Gasteiger partial charge in [0.25, 0.3) is 0 Å². The number of aromatic hydroxyl groups is 1. The number of benzene rings is 2. The van der Waals surface area contributed by atoms with Crippen molar-refractivity contribution in [3.63, 3.8) is 0 Å². The molecule has 0 aliphatic carbocycles. The molecular weight excluding hydrogens is 300 g/mol. The SMILES string of the molecule is Cc1cc2c(Nc3ccc(O)cc3)nc(-c3ccccc3)nc2[nH]1. The van der Waals surface area contributed by atoms with E-state index >= 15 is 0 Å². The molecule has 0 saturated carbocycles. The zero-order valence-corrected chi connectivity index (χ0v) is 13.1. The minimum absolute atomic E-state index is 0.232. The quantitative estimate of drug-likeness (QED) is 0.490. The number of aryl methyl sites for hydroxylation is 1. The van der Waals surface area contributed by atoms with Crippen molar-refractivity contribution in [1.29, 1.82) is 0 Å². The van der Waals surface area contributed by atoms with Gasteiger partial charge in [-0.3, -0.25) is 0 Å². The van der Waals surface area contributed by atoms with Gasteiger partial charge in [-0.15, -0.1) is 0 Å². The first-order valence-electron chi connectivity index (χ1n) is 7.68. The second kappa shape index (κ2) is 5.70. The Bertz CT molecular complexity index is 991. The highest BCUT2D eigenvalue weighted by molar-refractivity contribution is 5.91. The fourth-order valence-corrected chi connectivity index (χ4v) is 2.63. The Balaban J connectivity index is 1.84. The molecule has 3 N–H and O–H groups in total. The number of hydrogen-bond donors (Lipinski definition) is 3. The lowest BCUT2D eigenvalue weighted by Crippen LogP contribution is -1.98. The Hall–Kier alpha value is -3.34. The summed E-state index contributed by atoms with van der Waals surface area (Å²) in [5, 5.41) is 13.7. The molecule has 2 aromatic heterocycles. The molecule has 2 aromatic carbocycles. The maximum absolute atomic E-state index is 9.43. The molecule has 5 heteroatoms. The Labute approximate surface area is 139 Å². The smallest absolute Gasteiger partial charge is 0.163 e. The second-order valence-electron chi connectivity index (χ2n) is 5.65. The van der Waals surface area contributed by atoms with E-state index in [0.717, 1.165) is 33.8 Å². The summed E-state index contributed by atoms with van der Waals surface area (Å²) >= 11 is 0. The Morgan fingerprint density at radius 3 is 2.46 bits per heavy atom. The molecule has 118 valence electrons. The standard InChI is InChI=1S/C19H16N4O/c1-12-11-16-18(20-12)22-17(13-5-3-2-4-6-13)23-19(16)21-14-7-9-15(24)10-8-14/h2-11,24H,1H3,(H2,20,21,22,23). The molecule has 5 nitrogen and oxygen atoms in total. The normalized spacial score (nSPS) is 10.9. The number of hydrogen-bond acceptors (Lipinski definition) is 4. The van der Waals surface area contributed by atoms with Crippen LogP contribution in [-0.2, 0) is 0 Å². The number of phenols is 1. The Morgan fingerprint density at radius 2 is 1.71 bits per heavy atom. The van der Waals surface area contributed by atoms with Gasteiger partial charge in [0.15, 0.2) is 5.82 Å². The minimum Gasteiger partial charge on any atom is -0.508 e. The van der Waals surface area contributed by atoms with Crippen LogP contribution in [0.5, 0.6) is 5.75 Å². The van der Waals surface area contributed by atoms with Gasteiger partial charge in [-0.2, -0.15) is 0 Å². The van der Waals surface area contributed by atoms with Crippen molar-refractivity contribution in [3.8, 4) is 17.1 Å². The molecule has 0 bridgehead atoms. The van der Waals surface area contributed by atoms with Gasteiger partial charge in [0.1, 0.15) is 17.2 Å². The van der Waals surface area contributed by atoms with E-state index in [-0.39, 0.29) is 5.75 Å². The molecule has 0 unspecified atom stereocenters. The predicted octanol–water partition coefficient (Wildman–Crippen LogP) is 4.38. The predicted molar refractivity (Wildman–Crippen MR) is 95.5 cm³/mol. The van der Waals surface area contributed by atoms with Crippen molar-refractivity contribution < 1.29 is 5.11 Å². The van der Waals surface area contributed by atoms with E-state index < -0.39 is 0 Å². The van der Waals surface area contributed by atoms with Crippen LogP contribution in [0.4, 0.5) is 11.5 Å². The third kappa shape index (κ3) is 2.67.